The summed E-state index contributed by atoms with van der Waals surface area (Å²) in [6.45, 7) is 21.3. The van der Waals surface area contributed by atoms with Crippen molar-refractivity contribution >= 4 is 45.5 Å². The number of benzene rings is 10. The van der Waals surface area contributed by atoms with Gasteiger partial charge in [-0.2, -0.15) is 0 Å². The summed E-state index contributed by atoms with van der Waals surface area (Å²) in [6.07, 6.45) is 0. The van der Waals surface area contributed by atoms with Crippen molar-refractivity contribution in [1.82, 2.24) is 0 Å². The summed E-state index contributed by atoms with van der Waals surface area (Å²) in [6, 6.07) is 90.7. The lowest BCUT2D eigenvalue weighted by molar-refractivity contribution is 0.743. The van der Waals surface area contributed by atoms with Gasteiger partial charge in [0.15, 0.2) is 0 Å². The van der Waals surface area contributed by atoms with Crippen LogP contribution in [0.2, 0.25) is 0 Å². The van der Waals surface area contributed by atoms with Gasteiger partial charge in [0, 0.05) is 71.7 Å². The molecule has 10 aromatic rings. The topological polar surface area (TPSA) is 13.0 Å². The van der Waals surface area contributed by atoms with E-state index in [0.717, 1.165) is 60.3 Å². The van der Waals surface area contributed by atoms with E-state index >= 15 is 0 Å². The second-order valence-electron chi connectivity index (χ2n) is 20.4. The predicted octanol–water partition coefficient (Wildman–Crippen LogP) is 19.3. The zero-order valence-electron chi connectivity index (χ0n) is 46.2. The molecule has 0 aliphatic heterocycles. The zero-order valence-corrected chi connectivity index (χ0v) is 46.2. The third kappa shape index (κ3) is 10.8. The minimum atomic E-state index is -0.653. The van der Waals surface area contributed by atoms with Crippen LogP contribution in [0.25, 0.3) is 22.3 Å². The lowest BCUT2D eigenvalue weighted by Gasteiger charge is -2.38. The summed E-state index contributed by atoms with van der Waals surface area (Å²) in [5.74, 6) is 0. The van der Waals surface area contributed by atoms with E-state index in [0.29, 0.717) is 0 Å². The molecular weight excluding hydrogens is 933 g/mol. The highest BCUT2D eigenvalue weighted by atomic mass is 15.1. The Bertz CT molecular complexity index is 3130. The van der Waals surface area contributed by atoms with E-state index < -0.39 is 5.41 Å². The molecule has 0 N–H and O–H groups in total. The highest BCUT2D eigenvalue weighted by Gasteiger charge is 2.39. The Balaban J connectivity index is 1.06. The van der Waals surface area contributed by atoms with Crippen LogP contribution in [0.4, 0.5) is 45.5 Å². The normalized spacial score (nSPS) is 11.3. The average molecular weight is 1010 g/mol. The van der Waals surface area contributed by atoms with Crippen LogP contribution in [0.3, 0.4) is 0 Å². The van der Waals surface area contributed by atoms with Gasteiger partial charge < -0.3 is 19.6 Å². The first-order chi connectivity index (χ1) is 37.6. The van der Waals surface area contributed by atoms with Crippen molar-refractivity contribution < 1.29 is 0 Å². The van der Waals surface area contributed by atoms with E-state index in [9.17, 15) is 0 Å². The van der Waals surface area contributed by atoms with Gasteiger partial charge >= 0.3 is 0 Å². The minimum absolute atomic E-state index is 0.653. The molecule has 0 atom stereocenters. The van der Waals surface area contributed by atoms with Crippen molar-refractivity contribution in [2.45, 2.75) is 60.8 Å². The first kappa shape index (κ1) is 51.9. The zero-order chi connectivity index (χ0) is 53.5. The van der Waals surface area contributed by atoms with Crippen molar-refractivity contribution in [2.24, 2.45) is 0 Å². The van der Waals surface area contributed by atoms with E-state index in [1.807, 2.05) is 0 Å². The van der Waals surface area contributed by atoms with Crippen LogP contribution in [-0.2, 0) is 5.41 Å². The van der Waals surface area contributed by atoms with E-state index in [2.05, 4.69) is 318 Å². The van der Waals surface area contributed by atoms with Crippen molar-refractivity contribution in [3.05, 3.63) is 287 Å². The molecule has 0 bridgehead atoms. The molecule has 384 valence electrons. The summed E-state index contributed by atoms with van der Waals surface area (Å²) < 4.78 is 0. The highest BCUT2D eigenvalue weighted by molar-refractivity contribution is 5.81. The molecule has 0 spiro atoms. The quantitative estimate of drug-likeness (QED) is 0.0794. The summed E-state index contributed by atoms with van der Waals surface area (Å²) in [5, 5.41) is 0. The monoisotopic (exact) mass is 1000 g/mol. The molecule has 4 heteroatoms. The van der Waals surface area contributed by atoms with Crippen LogP contribution in [0.5, 0.6) is 0 Å². The van der Waals surface area contributed by atoms with Gasteiger partial charge in [0.2, 0.25) is 0 Å². The summed E-state index contributed by atoms with van der Waals surface area (Å²) in [5.41, 5.74) is 23.1. The number of aryl methyl sites for hydroxylation is 4. The van der Waals surface area contributed by atoms with Gasteiger partial charge in [-0.3, -0.25) is 0 Å². The molecule has 77 heavy (non-hydrogen) atoms. The fraction of sp³-hybridized carbons (Fsp3) is 0.178. The van der Waals surface area contributed by atoms with Gasteiger partial charge in [-0.05, 0) is 197 Å². The van der Waals surface area contributed by atoms with Crippen molar-refractivity contribution in [2.75, 3.05) is 45.8 Å². The molecule has 0 amide bonds. The highest BCUT2D eigenvalue weighted by Crippen LogP contribution is 2.47. The molecule has 10 rings (SSSR count). The fourth-order valence-electron chi connectivity index (χ4n) is 11.1. The largest absolute Gasteiger partial charge is 0.372 e. The number of nitrogens with zero attached hydrogens (tertiary/aromatic N) is 4. The molecule has 4 nitrogen and oxygen atoms in total. The third-order valence-corrected chi connectivity index (χ3v) is 15.6. The maximum Gasteiger partial charge on any atom is 0.0701 e. The fourth-order valence-corrected chi connectivity index (χ4v) is 11.1. The van der Waals surface area contributed by atoms with Crippen LogP contribution in [-0.4, -0.2) is 26.2 Å². The Labute approximate surface area is 459 Å². The van der Waals surface area contributed by atoms with Crippen molar-refractivity contribution in [1.29, 1.82) is 0 Å². The van der Waals surface area contributed by atoms with E-state index in [1.165, 1.54) is 78.1 Å². The Kier molecular flexibility index (Phi) is 15.6. The molecule has 0 aliphatic rings. The average Bonchev–Trinajstić information content (AvgIpc) is 3.49. The number of rotatable bonds is 18. The maximum atomic E-state index is 2.42. The molecule has 0 aliphatic carbocycles. The Morgan fingerprint density at radius 2 is 0.390 bits per heavy atom. The first-order valence-corrected chi connectivity index (χ1v) is 27.6. The first-order valence-electron chi connectivity index (χ1n) is 27.6. The molecule has 0 aromatic heterocycles. The predicted molar refractivity (Wildman–Crippen MR) is 331 cm³/mol. The van der Waals surface area contributed by atoms with E-state index in [-0.39, 0.29) is 0 Å². The van der Waals surface area contributed by atoms with Gasteiger partial charge in [-0.25, -0.2) is 0 Å². The Morgan fingerprint density at radius 1 is 0.221 bits per heavy atom. The molecule has 0 unspecified atom stereocenters. The minimum Gasteiger partial charge on any atom is -0.372 e. The standard InChI is InChI=1S/C73H72N4/c1-9-74(10-2)65-49-33-63(34-50-65)73(64-35-51-66(52-36-64)75(11-3)12-4,61-29-21-57(22-30-61)59-25-45-71(46-26-59)76(67-37-13-53(5)14-38-67)68-39-15-54(6)16-40-68)62-31-23-58(24-32-62)60-27-47-72(48-28-60)77(69-41-17-55(7)18-42-69)70-43-19-56(8)20-44-70/h13-52H,9-12H2,1-8H3. The molecule has 10 aromatic carbocycles. The van der Waals surface area contributed by atoms with Crippen LogP contribution in [0, 0.1) is 27.7 Å². The Morgan fingerprint density at radius 3 is 0.597 bits per heavy atom. The molecule has 0 heterocycles. The second-order valence-corrected chi connectivity index (χ2v) is 20.4. The lowest BCUT2D eigenvalue weighted by atomic mass is 9.65. The van der Waals surface area contributed by atoms with Crippen molar-refractivity contribution in [3.8, 4) is 22.3 Å². The van der Waals surface area contributed by atoms with Crippen LogP contribution in [0.15, 0.2) is 243 Å². The summed E-state index contributed by atoms with van der Waals surface area (Å²) in [4.78, 5) is 9.52. The molecule has 0 fully saturated rings. The van der Waals surface area contributed by atoms with Crippen LogP contribution >= 0.6 is 0 Å². The number of hydrogen-bond acceptors (Lipinski definition) is 4. The summed E-state index contributed by atoms with van der Waals surface area (Å²) in [7, 11) is 0. The summed E-state index contributed by atoms with van der Waals surface area (Å²) >= 11 is 0. The van der Waals surface area contributed by atoms with Gasteiger partial charge in [0.05, 0.1) is 5.41 Å². The van der Waals surface area contributed by atoms with E-state index in [4.69, 9.17) is 0 Å². The lowest BCUT2D eigenvalue weighted by Crippen LogP contribution is -2.31. The van der Waals surface area contributed by atoms with Gasteiger partial charge in [0.25, 0.3) is 0 Å². The molecular formula is C73H72N4. The maximum absolute atomic E-state index is 2.42. The SMILES string of the molecule is CCN(CC)c1ccc(C(c2ccc(-c3ccc(N(c4ccc(C)cc4)c4ccc(C)cc4)cc3)cc2)(c2ccc(-c3ccc(N(c4ccc(C)cc4)c4ccc(C)cc4)cc3)cc2)c2ccc(N(CC)CC)cc2)cc1. The van der Waals surface area contributed by atoms with Crippen LogP contribution in [0.1, 0.15) is 72.2 Å². The van der Waals surface area contributed by atoms with Crippen molar-refractivity contribution in [3.63, 3.8) is 0 Å². The smallest absolute Gasteiger partial charge is 0.0701 e. The van der Waals surface area contributed by atoms with Crippen LogP contribution < -0.4 is 19.6 Å². The van der Waals surface area contributed by atoms with Gasteiger partial charge in [-0.15, -0.1) is 0 Å². The number of anilines is 8. The molecule has 0 saturated carbocycles. The van der Waals surface area contributed by atoms with E-state index in [1.54, 1.807) is 0 Å². The third-order valence-electron chi connectivity index (χ3n) is 15.6. The number of hydrogen-bond donors (Lipinski definition) is 0. The molecule has 0 saturated heterocycles. The second kappa shape index (κ2) is 23.1. The van der Waals surface area contributed by atoms with Gasteiger partial charge in [0.1, 0.15) is 0 Å². The Hall–Kier alpha value is -8.60. The van der Waals surface area contributed by atoms with Gasteiger partial charge in [-0.1, -0.05) is 168 Å². The molecule has 0 radical (unpaired) electrons.